The van der Waals surface area contributed by atoms with Gasteiger partial charge in [0.25, 0.3) is 11.6 Å². The van der Waals surface area contributed by atoms with Gasteiger partial charge in [-0.15, -0.1) is 0 Å². The van der Waals surface area contributed by atoms with Gasteiger partial charge in [-0.3, -0.25) is 24.6 Å². The van der Waals surface area contributed by atoms with E-state index in [9.17, 15) is 19.7 Å². The fourth-order valence-corrected chi connectivity index (χ4v) is 3.90. The van der Waals surface area contributed by atoms with E-state index < -0.39 is 10.9 Å². The molecule has 2 aromatic rings. The number of ether oxygens (including phenoxy) is 2. The van der Waals surface area contributed by atoms with E-state index in [2.05, 4.69) is 0 Å². The molecule has 10 heteroatoms. The van der Waals surface area contributed by atoms with Gasteiger partial charge in [0, 0.05) is 19.1 Å². The Hall–Kier alpha value is -3.24. The molecule has 0 radical (unpaired) electrons. The third kappa shape index (κ3) is 4.44. The number of rotatable bonds is 5. The van der Waals surface area contributed by atoms with E-state index in [1.807, 2.05) is 0 Å². The molecule has 1 fully saturated rings. The summed E-state index contributed by atoms with van der Waals surface area (Å²) in [7, 11) is 1.44. The SMILES string of the molecule is COc1cc(/C=C2/SC(=S)N(c3cccc([N+](=O)[O-])c3)C2=O)ccc1OC(C)=O. The molecule has 29 heavy (non-hydrogen) atoms. The summed E-state index contributed by atoms with van der Waals surface area (Å²) in [6, 6.07) is 10.6. The van der Waals surface area contributed by atoms with Gasteiger partial charge in [0.1, 0.15) is 0 Å². The van der Waals surface area contributed by atoms with Crippen molar-refractivity contribution in [3.8, 4) is 11.5 Å². The number of anilines is 1. The lowest BCUT2D eigenvalue weighted by atomic mass is 10.1. The maximum atomic E-state index is 12.8. The second kappa shape index (κ2) is 8.41. The lowest BCUT2D eigenvalue weighted by Crippen LogP contribution is -2.27. The number of non-ortho nitro benzene ring substituents is 1. The average molecular weight is 430 g/mol. The Labute approximate surface area is 175 Å². The Morgan fingerprint density at radius 3 is 2.66 bits per heavy atom. The highest BCUT2D eigenvalue weighted by Crippen LogP contribution is 2.38. The molecule has 1 heterocycles. The van der Waals surface area contributed by atoms with Crippen LogP contribution in [0.2, 0.25) is 0 Å². The Morgan fingerprint density at radius 1 is 1.24 bits per heavy atom. The third-order valence-electron chi connectivity index (χ3n) is 3.83. The maximum absolute atomic E-state index is 12.8. The predicted molar refractivity (Wildman–Crippen MR) is 113 cm³/mol. The second-order valence-corrected chi connectivity index (χ2v) is 7.47. The second-order valence-electron chi connectivity index (χ2n) is 5.80. The Balaban J connectivity index is 1.91. The van der Waals surface area contributed by atoms with Gasteiger partial charge in [0.2, 0.25) is 0 Å². The Kier molecular flexibility index (Phi) is 5.95. The van der Waals surface area contributed by atoms with E-state index in [1.165, 1.54) is 37.1 Å². The molecule has 0 N–H and O–H groups in total. The van der Waals surface area contributed by atoms with Crippen molar-refractivity contribution in [2.45, 2.75) is 6.92 Å². The highest BCUT2D eigenvalue weighted by molar-refractivity contribution is 8.27. The van der Waals surface area contributed by atoms with E-state index in [0.717, 1.165) is 11.8 Å². The van der Waals surface area contributed by atoms with Crippen molar-refractivity contribution in [3.63, 3.8) is 0 Å². The minimum atomic E-state index is -0.534. The average Bonchev–Trinajstić information content (AvgIpc) is 2.95. The van der Waals surface area contributed by atoms with Gasteiger partial charge >= 0.3 is 5.97 Å². The van der Waals surface area contributed by atoms with Crippen LogP contribution in [0.4, 0.5) is 11.4 Å². The number of esters is 1. The zero-order valence-corrected chi connectivity index (χ0v) is 16.9. The quantitative estimate of drug-likeness (QED) is 0.176. The van der Waals surface area contributed by atoms with Crippen LogP contribution < -0.4 is 14.4 Å². The number of carbonyl (C=O) groups is 2. The van der Waals surface area contributed by atoms with Gasteiger partial charge in [0.05, 0.1) is 22.6 Å². The molecule has 0 spiro atoms. The predicted octanol–water partition coefficient (Wildman–Crippen LogP) is 3.93. The number of nitro benzene ring substituents is 1. The highest BCUT2D eigenvalue weighted by Gasteiger charge is 2.34. The third-order valence-corrected chi connectivity index (χ3v) is 5.13. The van der Waals surface area contributed by atoms with Crippen molar-refractivity contribution in [1.82, 2.24) is 0 Å². The summed E-state index contributed by atoms with van der Waals surface area (Å²) in [5, 5.41) is 11.0. The van der Waals surface area contributed by atoms with Crippen molar-refractivity contribution < 1.29 is 24.0 Å². The first-order valence-electron chi connectivity index (χ1n) is 8.19. The number of thiocarbonyl (C=S) groups is 1. The molecule has 0 unspecified atom stereocenters. The Morgan fingerprint density at radius 2 is 2.00 bits per heavy atom. The number of amides is 1. The summed E-state index contributed by atoms with van der Waals surface area (Å²) < 4.78 is 10.6. The van der Waals surface area contributed by atoms with Crippen LogP contribution in [0.15, 0.2) is 47.4 Å². The van der Waals surface area contributed by atoms with E-state index in [1.54, 1.807) is 30.3 Å². The van der Waals surface area contributed by atoms with Crippen LogP contribution in [0.25, 0.3) is 6.08 Å². The fourth-order valence-electron chi connectivity index (χ4n) is 2.60. The molecule has 0 saturated carbocycles. The van der Waals surface area contributed by atoms with E-state index in [-0.39, 0.29) is 21.7 Å². The van der Waals surface area contributed by atoms with Gasteiger partial charge in [-0.05, 0) is 29.8 Å². The summed E-state index contributed by atoms with van der Waals surface area (Å²) >= 11 is 6.38. The minimum Gasteiger partial charge on any atom is -0.493 e. The monoisotopic (exact) mass is 430 g/mol. The lowest BCUT2D eigenvalue weighted by Gasteiger charge is -2.14. The molecule has 0 bridgehead atoms. The van der Waals surface area contributed by atoms with Crippen molar-refractivity contribution in [1.29, 1.82) is 0 Å². The number of carbonyl (C=O) groups excluding carboxylic acids is 2. The summed E-state index contributed by atoms with van der Waals surface area (Å²) in [6.07, 6.45) is 1.62. The van der Waals surface area contributed by atoms with Crippen LogP contribution in [0, 0.1) is 10.1 Å². The Bertz CT molecular complexity index is 1070. The molecule has 0 atom stereocenters. The molecule has 8 nitrogen and oxygen atoms in total. The van der Waals surface area contributed by atoms with Gasteiger partial charge in [0.15, 0.2) is 15.8 Å². The highest BCUT2D eigenvalue weighted by atomic mass is 32.2. The van der Waals surface area contributed by atoms with Crippen LogP contribution in [0.3, 0.4) is 0 Å². The van der Waals surface area contributed by atoms with Crippen LogP contribution in [0.1, 0.15) is 12.5 Å². The van der Waals surface area contributed by atoms with Crippen molar-refractivity contribution in [2.24, 2.45) is 0 Å². The molecule has 1 aliphatic heterocycles. The first-order valence-corrected chi connectivity index (χ1v) is 9.41. The van der Waals surface area contributed by atoms with Gasteiger partial charge in [-0.2, -0.15) is 0 Å². The number of hydrogen-bond donors (Lipinski definition) is 0. The first-order chi connectivity index (χ1) is 13.8. The summed E-state index contributed by atoms with van der Waals surface area (Å²) in [5.41, 5.74) is 0.830. The standard InChI is InChI=1S/C19H14N2O6S2/c1-11(22)27-15-7-6-12(8-16(15)26-2)9-17-18(23)20(19(28)29-17)13-4-3-5-14(10-13)21(24)25/h3-10H,1-2H3/b17-9+. The number of nitrogens with zero attached hydrogens (tertiary/aromatic N) is 2. The topological polar surface area (TPSA) is 99.0 Å². The smallest absolute Gasteiger partial charge is 0.308 e. The molecule has 148 valence electrons. The number of nitro groups is 1. The number of benzene rings is 2. The molecule has 1 aliphatic rings. The van der Waals surface area contributed by atoms with Gasteiger partial charge < -0.3 is 9.47 Å². The number of thioether (sulfide) groups is 1. The molecule has 0 aliphatic carbocycles. The largest absolute Gasteiger partial charge is 0.493 e. The fraction of sp³-hybridized carbons (Fsp3) is 0.105. The number of hydrogen-bond acceptors (Lipinski definition) is 8. The zero-order valence-electron chi connectivity index (χ0n) is 15.3. The molecular formula is C19H14N2O6S2. The molecule has 1 saturated heterocycles. The molecule has 3 rings (SSSR count). The van der Waals surface area contributed by atoms with Crippen LogP contribution >= 0.6 is 24.0 Å². The number of methoxy groups -OCH3 is 1. The molecule has 2 aromatic carbocycles. The minimum absolute atomic E-state index is 0.133. The van der Waals surface area contributed by atoms with Crippen LogP contribution in [0.5, 0.6) is 11.5 Å². The van der Waals surface area contributed by atoms with Crippen molar-refractivity contribution in [3.05, 3.63) is 63.0 Å². The first kappa shape index (κ1) is 20.5. The van der Waals surface area contributed by atoms with Gasteiger partial charge in [-0.25, -0.2) is 0 Å². The zero-order chi connectivity index (χ0) is 21.1. The summed E-state index contributed by atoms with van der Waals surface area (Å²) in [5.74, 6) is -0.262. The summed E-state index contributed by atoms with van der Waals surface area (Å²) in [4.78, 5) is 36.1. The lowest BCUT2D eigenvalue weighted by molar-refractivity contribution is -0.384. The van der Waals surface area contributed by atoms with Crippen molar-refractivity contribution >= 4 is 57.6 Å². The molecule has 0 aromatic heterocycles. The molecule has 1 amide bonds. The van der Waals surface area contributed by atoms with E-state index in [4.69, 9.17) is 21.7 Å². The van der Waals surface area contributed by atoms with E-state index in [0.29, 0.717) is 21.9 Å². The molecular weight excluding hydrogens is 416 g/mol. The van der Waals surface area contributed by atoms with Crippen LogP contribution in [-0.4, -0.2) is 28.2 Å². The van der Waals surface area contributed by atoms with E-state index >= 15 is 0 Å². The maximum Gasteiger partial charge on any atom is 0.308 e. The van der Waals surface area contributed by atoms with Gasteiger partial charge in [-0.1, -0.05) is 36.1 Å². The summed E-state index contributed by atoms with van der Waals surface area (Å²) in [6.45, 7) is 1.28. The normalized spacial score (nSPS) is 15.0. The van der Waals surface area contributed by atoms with Crippen molar-refractivity contribution in [2.75, 3.05) is 12.0 Å². The van der Waals surface area contributed by atoms with Crippen LogP contribution in [-0.2, 0) is 9.59 Å².